The van der Waals surface area contributed by atoms with Crippen LogP contribution in [0.15, 0.2) is 6.07 Å². The van der Waals surface area contributed by atoms with Crippen molar-refractivity contribution in [2.24, 2.45) is 0 Å². The van der Waals surface area contributed by atoms with Crippen molar-refractivity contribution in [2.45, 2.75) is 43.9 Å². The van der Waals surface area contributed by atoms with Crippen LogP contribution in [-0.2, 0) is 6.18 Å². The van der Waals surface area contributed by atoms with Crippen molar-refractivity contribution in [3.8, 4) is 0 Å². The number of aromatic nitrogens is 2. The van der Waals surface area contributed by atoms with Crippen LogP contribution >= 0.6 is 11.6 Å². The minimum Gasteiger partial charge on any atom is -0.388 e. The van der Waals surface area contributed by atoms with Crippen molar-refractivity contribution in [3.05, 3.63) is 17.0 Å². The molecular formula is C12H15ClF3N3O. The predicted molar refractivity (Wildman–Crippen MR) is 68.6 cm³/mol. The molecule has 0 aliphatic heterocycles. The fourth-order valence-corrected chi connectivity index (χ4v) is 2.48. The molecule has 1 aromatic heterocycles. The van der Waals surface area contributed by atoms with Gasteiger partial charge in [0.1, 0.15) is 5.82 Å². The molecule has 0 unspecified atom stereocenters. The first-order valence-electron chi connectivity index (χ1n) is 6.37. The van der Waals surface area contributed by atoms with Crippen molar-refractivity contribution in [3.63, 3.8) is 0 Å². The molecule has 2 rings (SSSR count). The second-order valence-corrected chi connectivity index (χ2v) is 5.38. The summed E-state index contributed by atoms with van der Waals surface area (Å²) in [6.07, 6.45) is -0.423. The number of nitrogens with one attached hydrogen (secondary N) is 1. The van der Waals surface area contributed by atoms with Gasteiger partial charge in [0, 0.05) is 12.6 Å². The van der Waals surface area contributed by atoms with Gasteiger partial charge >= 0.3 is 6.18 Å². The number of rotatable bonds is 3. The van der Waals surface area contributed by atoms with E-state index in [4.69, 9.17) is 11.6 Å². The summed E-state index contributed by atoms with van der Waals surface area (Å²) >= 11 is 5.49. The summed E-state index contributed by atoms with van der Waals surface area (Å²) in [5, 5.41) is 12.5. The molecule has 4 nitrogen and oxygen atoms in total. The Kier molecular flexibility index (Phi) is 4.39. The van der Waals surface area contributed by atoms with E-state index in [1.54, 1.807) is 0 Å². The number of hydrogen-bond donors (Lipinski definition) is 2. The van der Waals surface area contributed by atoms with Gasteiger partial charge in [-0.15, -0.1) is 0 Å². The Labute approximate surface area is 119 Å². The van der Waals surface area contributed by atoms with Gasteiger partial charge < -0.3 is 10.4 Å². The summed E-state index contributed by atoms with van der Waals surface area (Å²) < 4.78 is 37.8. The third-order valence-electron chi connectivity index (χ3n) is 3.37. The van der Waals surface area contributed by atoms with Crippen LogP contribution in [0.2, 0.25) is 5.28 Å². The van der Waals surface area contributed by atoms with Crippen LogP contribution in [0.5, 0.6) is 0 Å². The Bertz CT molecular complexity index is 476. The Morgan fingerprint density at radius 2 is 1.90 bits per heavy atom. The zero-order chi connectivity index (χ0) is 14.8. The molecule has 2 N–H and O–H groups in total. The van der Waals surface area contributed by atoms with Gasteiger partial charge in [-0.05, 0) is 24.4 Å². The van der Waals surface area contributed by atoms with E-state index in [2.05, 4.69) is 15.3 Å². The van der Waals surface area contributed by atoms with Gasteiger partial charge in [0.2, 0.25) is 5.28 Å². The first-order valence-corrected chi connectivity index (χ1v) is 6.74. The van der Waals surface area contributed by atoms with Crippen LogP contribution in [-0.4, -0.2) is 27.2 Å². The van der Waals surface area contributed by atoms with Crippen molar-refractivity contribution in [2.75, 3.05) is 11.9 Å². The summed E-state index contributed by atoms with van der Waals surface area (Å²) in [6.45, 7) is 0.150. The smallest absolute Gasteiger partial charge is 0.388 e. The number of nitrogens with zero attached hydrogens (tertiary/aromatic N) is 2. The molecule has 1 heterocycles. The third-order valence-corrected chi connectivity index (χ3v) is 3.54. The summed E-state index contributed by atoms with van der Waals surface area (Å²) in [4.78, 5) is 6.84. The van der Waals surface area contributed by atoms with E-state index in [0.717, 1.165) is 25.3 Å². The molecule has 0 bridgehead atoms. The molecule has 1 aliphatic rings. The van der Waals surface area contributed by atoms with Crippen LogP contribution in [0.3, 0.4) is 0 Å². The summed E-state index contributed by atoms with van der Waals surface area (Å²) in [7, 11) is 0. The molecule has 0 saturated heterocycles. The van der Waals surface area contributed by atoms with Gasteiger partial charge in [-0.2, -0.15) is 13.2 Å². The van der Waals surface area contributed by atoms with E-state index in [0.29, 0.717) is 12.8 Å². The van der Waals surface area contributed by atoms with Crippen molar-refractivity contribution in [1.82, 2.24) is 9.97 Å². The Balaban J connectivity index is 2.07. The lowest BCUT2D eigenvalue weighted by Crippen LogP contribution is -2.39. The predicted octanol–water partition coefficient (Wildman–Crippen LogP) is 3.26. The van der Waals surface area contributed by atoms with Crippen LogP contribution in [0.4, 0.5) is 19.0 Å². The second kappa shape index (κ2) is 5.73. The molecule has 0 spiro atoms. The monoisotopic (exact) mass is 309 g/mol. The van der Waals surface area contributed by atoms with E-state index in [1.807, 2.05) is 0 Å². The maximum Gasteiger partial charge on any atom is 0.433 e. The van der Waals surface area contributed by atoms with Crippen LogP contribution in [0, 0.1) is 0 Å². The van der Waals surface area contributed by atoms with Gasteiger partial charge in [-0.1, -0.05) is 19.3 Å². The molecule has 0 atom stereocenters. The molecule has 1 aliphatic carbocycles. The number of aliphatic hydroxyl groups is 1. The lowest BCUT2D eigenvalue weighted by atomic mass is 9.85. The highest BCUT2D eigenvalue weighted by atomic mass is 35.5. The van der Waals surface area contributed by atoms with E-state index in [1.165, 1.54) is 0 Å². The van der Waals surface area contributed by atoms with E-state index in [9.17, 15) is 18.3 Å². The van der Waals surface area contributed by atoms with Crippen molar-refractivity contribution < 1.29 is 18.3 Å². The normalized spacial score (nSPS) is 18.9. The van der Waals surface area contributed by atoms with Gasteiger partial charge in [0.15, 0.2) is 5.69 Å². The number of anilines is 1. The van der Waals surface area contributed by atoms with E-state index in [-0.39, 0.29) is 12.4 Å². The SMILES string of the molecule is OC1(CNc2cc(C(F)(F)F)nc(Cl)n2)CCCCC1. The quantitative estimate of drug-likeness (QED) is 0.842. The van der Waals surface area contributed by atoms with Gasteiger partial charge in [-0.25, -0.2) is 9.97 Å². The molecular weight excluding hydrogens is 295 g/mol. The first kappa shape index (κ1) is 15.3. The summed E-state index contributed by atoms with van der Waals surface area (Å²) in [6, 6.07) is 0.790. The highest BCUT2D eigenvalue weighted by molar-refractivity contribution is 6.28. The van der Waals surface area contributed by atoms with Gasteiger partial charge in [0.25, 0.3) is 0 Å². The zero-order valence-electron chi connectivity index (χ0n) is 10.7. The third kappa shape index (κ3) is 3.96. The standard InChI is InChI=1S/C12H15ClF3N3O/c13-10-18-8(12(14,15)16)6-9(19-10)17-7-11(20)4-2-1-3-5-11/h6,20H,1-5,7H2,(H,17,18,19). The highest BCUT2D eigenvalue weighted by Crippen LogP contribution is 2.31. The molecule has 1 saturated carbocycles. The van der Waals surface area contributed by atoms with Gasteiger partial charge in [0.05, 0.1) is 5.60 Å². The Morgan fingerprint density at radius 1 is 1.25 bits per heavy atom. The number of alkyl halides is 3. The molecule has 8 heteroatoms. The molecule has 1 fully saturated rings. The lowest BCUT2D eigenvalue weighted by molar-refractivity contribution is -0.141. The average molecular weight is 310 g/mol. The summed E-state index contributed by atoms with van der Waals surface area (Å²) in [5.74, 6) is -0.0312. The molecule has 20 heavy (non-hydrogen) atoms. The fourth-order valence-electron chi connectivity index (χ4n) is 2.30. The lowest BCUT2D eigenvalue weighted by Gasteiger charge is -2.32. The van der Waals surface area contributed by atoms with Crippen molar-refractivity contribution in [1.29, 1.82) is 0 Å². The number of halogens is 4. The maximum absolute atomic E-state index is 12.6. The molecule has 0 aromatic carbocycles. The maximum atomic E-state index is 12.6. The summed E-state index contributed by atoms with van der Waals surface area (Å²) in [5.41, 5.74) is -2.00. The van der Waals surface area contributed by atoms with Crippen LogP contribution in [0.25, 0.3) is 0 Å². The Morgan fingerprint density at radius 3 is 2.50 bits per heavy atom. The van der Waals surface area contributed by atoms with Crippen molar-refractivity contribution >= 4 is 17.4 Å². The topological polar surface area (TPSA) is 58.0 Å². The average Bonchev–Trinajstić information content (AvgIpc) is 2.36. The minimum absolute atomic E-state index is 0.0312. The van der Waals surface area contributed by atoms with Crippen LogP contribution < -0.4 is 5.32 Å². The minimum atomic E-state index is -4.58. The second-order valence-electron chi connectivity index (χ2n) is 5.04. The molecule has 1 aromatic rings. The van der Waals surface area contributed by atoms with E-state index >= 15 is 0 Å². The first-order chi connectivity index (χ1) is 9.28. The highest BCUT2D eigenvalue weighted by Gasteiger charge is 2.34. The molecule has 112 valence electrons. The largest absolute Gasteiger partial charge is 0.433 e. The van der Waals surface area contributed by atoms with Gasteiger partial charge in [-0.3, -0.25) is 0 Å². The van der Waals surface area contributed by atoms with E-state index < -0.39 is 22.8 Å². The zero-order valence-corrected chi connectivity index (χ0v) is 11.4. The Hall–Kier alpha value is -1.08. The molecule has 0 amide bonds. The fraction of sp³-hybridized carbons (Fsp3) is 0.667. The van der Waals surface area contributed by atoms with Crippen LogP contribution in [0.1, 0.15) is 37.8 Å². The number of hydrogen-bond acceptors (Lipinski definition) is 4. The molecule has 0 radical (unpaired) electrons.